The van der Waals surface area contributed by atoms with E-state index < -0.39 is 12.1 Å². The van der Waals surface area contributed by atoms with Crippen molar-refractivity contribution in [2.24, 2.45) is 0 Å². The number of benzene rings is 2. The average molecular weight is 376 g/mol. The zero-order valence-corrected chi connectivity index (χ0v) is 13.5. The van der Waals surface area contributed by atoms with Gasteiger partial charge in [0.15, 0.2) is 0 Å². The number of hydrogen-bond donors (Lipinski definition) is 4. The predicted molar refractivity (Wildman–Crippen MR) is 90.6 cm³/mol. The summed E-state index contributed by atoms with van der Waals surface area (Å²) in [5.74, 6) is -0.986. The predicted octanol–water partition coefficient (Wildman–Crippen LogP) is 3.17. The van der Waals surface area contributed by atoms with Gasteiger partial charge in [0.1, 0.15) is 0 Å². The lowest BCUT2D eigenvalue weighted by molar-refractivity contribution is 0.0696. The fraction of sp³-hybridized carbons (Fsp3) is 0.125. The molecule has 0 fully saturated rings. The maximum absolute atomic E-state index is 10.8. The van der Waals surface area contributed by atoms with Crippen molar-refractivity contribution in [3.8, 4) is 0 Å². The van der Waals surface area contributed by atoms with Crippen LogP contribution in [0.3, 0.4) is 0 Å². The van der Waals surface area contributed by atoms with E-state index in [-0.39, 0.29) is 5.56 Å². The molecule has 1 heterocycles. The summed E-state index contributed by atoms with van der Waals surface area (Å²) in [6.07, 6.45) is 0.969. The largest absolute Gasteiger partial charge is 0.478 e. The van der Waals surface area contributed by atoms with E-state index in [0.717, 1.165) is 21.1 Å². The van der Waals surface area contributed by atoms with Crippen LogP contribution in [0.15, 0.2) is 47.1 Å². The Bertz CT molecular complexity index is 845. The Morgan fingerprint density at radius 1 is 1.30 bits per heavy atom. The molecule has 1 aromatic heterocycles. The molecule has 0 bridgehead atoms. The van der Waals surface area contributed by atoms with Gasteiger partial charge in [-0.1, -0.05) is 28.1 Å². The number of H-pyrrole nitrogens is 1. The molecular formula is C16H14BrN3O3. The Labute approximate surface area is 140 Å². The molecule has 0 saturated heterocycles. The minimum atomic E-state index is -0.986. The van der Waals surface area contributed by atoms with Crippen LogP contribution >= 0.6 is 15.9 Å². The number of halogens is 1. The molecule has 0 amide bonds. The molecule has 1 atom stereocenters. The van der Waals surface area contributed by atoms with Gasteiger partial charge >= 0.3 is 5.97 Å². The fourth-order valence-electron chi connectivity index (χ4n) is 2.33. The number of aromatic carboxylic acids is 1. The van der Waals surface area contributed by atoms with Gasteiger partial charge in [0.25, 0.3) is 0 Å². The van der Waals surface area contributed by atoms with Crippen molar-refractivity contribution >= 4 is 38.5 Å². The van der Waals surface area contributed by atoms with Gasteiger partial charge in [0, 0.05) is 22.1 Å². The van der Waals surface area contributed by atoms with E-state index in [9.17, 15) is 9.90 Å². The van der Waals surface area contributed by atoms with Gasteiger partial charge in [0.05, 0.1) is 23.4 Å². The Morgan fingerprint density at radius 2 is 2.04 bits per heavy atom. The average Bonchev–Trinajstić information content (AvgIpc) is 3.00. The van der Waals surface area contributed by atoms with Gasteiger partial charge in [-0.15, -0.1) is 0 Å². The SMILES string of the molecule is O=C(O)c1ccc(C(O)CNc2cc(Br)cc3[nH]ncc23)cc1. The van der Waals surface area contributed by atoms with Gasteiger partial charge in [-0.2, -0.15) is 5.10 Å². The topological polar surface area (TPSA) is 98.2 Å². The van der Waals surface area contributed by atoms with Crippen LogP contribution in [0.2, 0.25) is 0 Å². The van der Waals surface area contributed by atoms with E-state index in [1.807, 2.05) is 12.1 Å². The molecule has 3 rings (SSSR count). The number of anilines is 1. The molecule has 0 aliphatic heterocycles. The van der Waals surface area contributed by atoms with Crippen molar-refractivity contribution in [3.05, 3.63) is 58.2 Å². The van der Waals surface area contributed by atoms with Gasteiger partial charge in [-0.3, -0.25) is 5.10 Å². The molecule has 0 saturated carbocycles. The number of nitrogens with zero attached hydrogens (tertiary/aromatic N) is 1. The molecule has 4 N–H and O–H groups in total. The first kappa shape index (κ1) is 15.5. The number of aromatic amines is 1. The third-order valence-electron chi connectivity index (χ3n) is 3.55. The number of carboxylic acid groups (broad SMARTS) is 1. The first-order chi connectivity index (χ1) is 11.0. The summed E-state index contributed by atoms with van der Waals surface area (Å²) in [7, 11) is 0. The molecule has 7 heteroatoms. The third-order valence-corrected chi connectivity index (χ3v) is 4.01. The minimum Gasteiger partial charge on any atom is -0.478 e. The summed E-state index contributed by atoms with van der Waals surface area (Å²) in [5, 5.41) is 30.2. The molecule has 118 valence electrons. The lowest BCUT2D eigenvalue weighted by Crippen LogP contribution is -2.12. The molecule has 0 aliphatic carbocycles. The number of carbonyl (C=O) groups is 1. The van der Waals surface area contributed by atoms with Crippen molar-refractivity contribution < 1.29 is 15.0 Å². The van der Waals surface area contributed by atoms with Gasteiger partial charge < -0.3 is 15.5 Å². The van der Waals surface area contributed by atoms with E-state index in [2.05, 4.69) is 31.4 Å². The molecule has 0 radical (unpaired) electrons. The van der Waals surface area contributed by atoms with Crippen LogP contribution in [-0.2, 0) is 0 Å². The van der Waals surface area contributed by atoms with Crippen LogP contribution in [0.4, 0.5) is 5.69 Å². The Balaban J connectivity index is 1.74. The van der Waals surface area contributed by atoms with Crippen molar-refractivity contribution in [1.29, 1.82) is 0 Å². The van der Waals surface area contributed by atoms with Crippen LogP contribution in [-0.4, -0.2) is 32.9 Å². The molecule has 1 unspecified atom stereocenters. The van der Waals surface area contributed by atoms with Gasteiger partial charge in [-0.05, 0) is 29.8 Å². The summed E-state index contributed by atoms with van der Waals surface area (Å²) < 4.78 is 0.900. The summed E-state index contributed by atoms with van der Waals surface area (Å²) in [4.78, 5) is 10.8. The number of aliphatic hydroxyl groups is 1. The van der Waals surface area contributed by atoms with Crippen LogP contribution in [0.25, 0.3) is 10.9 Å². The quantitative estimate of drug-likeness (QED) is 0.548. The van der Waals surface area contributed by atoms with Crippen LogP contribution in [0, 0.1) is 0 Å². The number of aliphatic hydroxyl groups excluding tert-OH is 1. The second kappa shape index (κ2) is 6.39. The highest BCUT2D eigenvalue weighted by Gasteiger charge is 2.11. The monoisotopic (exact) mass is 375 g/mol. The smallest absolute Gasteiger partial charge is 0.335 e. The van der Waals surface area contributed by atoms with Crippen LogP contribution in [0.5, 0.6) is 0 Å². The van der Waals surface area contributed by atoms with Gasteiger partial charge in [0.2, 0.25) is 0 Å². The minimum absolute atomic E-state index is 0.195. The summed E-state index contributed by atoms with van der Waals surface area (Å²) in [5.41, 5.74) is 2.59. The highest BCUT2D eigenvalue weighted by Crippen LogP contribution is 2.27. The molecule has 0 spiro atoms. The second-order valence-electron chi connectivity index (χ2n) is 5.11. The summed E-state index contributed by atoms with van der Waals surface area (Å²) in [6.45, 7) is 0.295. The van der Waals surface area contributed by atoms with Crippen molar-refractivity contribution in [2.75, 3.05) is 11.9 Å². The number of carboxylic acids is 1. The van der Waals surface area contributed by atoms with Crippen LogP contribution in [0.1, 0.15) is 22.0 Å². The number of hydrogen-bond acceptors (Lipinski definition) is 4. The van der Waals surface area contributed by atoms with Crippen molar-refractivity contribution in [1.82, 2.24) is 10.2 Å². The Hall–Kier alpha value is -2.38. The lowest BCUT2D eigenvalue weighted by atomic mass is 10.1. The van der Waals surface area contributed by atoms with E-state index in [1.165, 1.54) is 12.1 Å². The van der Waals surface area contributed by atoms with Crippen molar-refractivity contribution in [3.63, 3.8) is 0 Å². The molecule has 2 aromatic carbocycles. The fourth-order valence-corrected chi connectivity index (χ4v) is 2.79. The maximum atomic E-state index is 10.8. The van der Waals surface area contributed by atoms with E-state index in [1.54, 1.807) is 18.3 Å². The Kier molecular flexibility index (Phi) is 4.31. The zero-order valence-electron chi connectivity index (χ0n) is 12.0. The molecule has 23 heavy (non-hydrogen) atoms. The first-order valence-corrected chi connectivity index (χ1v) is 7.71. The zero-order chi connectivity index (χ0) is 16.4. The summed E-state index contributed by atoms with van der Waals surface area (Å²) in [6, 6.07) is 10.0. The first-order valence-electron chi connectivity index (χ1n) is 6.92. The number of nitrogens with one attached hydrogen (secondary N) is 2. The summed E-state index contributed by atoms with van der Waals surface area (Å²) >= 11 is 3.44. The third kappa shape index (κ3) is 3.35. The molecule has 0 aliphatic rings. The lowest BCUT2D eigenvalue weighted by Gasteiger charge is -2.14. The molecule has 3 aromatic rings. The standard InChI is InChI=1S/C16H14BrN3O3/c17-11-5-13(12-7-19-20-14(12)6-11)18-8-15(21)9-1-3-10(4-2-9)16(22)23/h1-7,15,18,21H,8H2,(H,19,20)(H,22,23). The van der Waals surface area contributed by atoms with Crippen LogP contribution < -0.4 is 5.32 Å². The van der Waals surface area contributed by atoms with E-state index >= 15 is 0 Å². The number of aromatic nitrogens is 2. The van der Waals surface area contributed by atoms with E-state index in [4.69, 9.17) is 5.11 Å². The van der Waals surface area contributed by atoms with Crippen molar-refractivity contribution in [2.45, 2.75) is 6.10 Å². The number of fused-ring (bicyclic) bond motifs is 1. The normalized spacial score (nSPS) is 12.3. The maximum Gasteiger partial charge on any atom is 0.335 e. The highest BCUT2D eigenvalue weighted by molar-refractivity contribution is 9.10. The highest BCUT2D eigenvalue weighted by atomic mass is 79.9. The number of rotatable bonds is 5. The van der Waals surface area contributed by atoms with Gasteiger partial charge in [-0.25, -0.2) is 4.79 Å². The second-order valence-corrected chi connectivity index (χ2v) is 6.02. The van der Waals surface area contributed by atoms with E-state index in [0.29, 0.717) is 12.1 Å². The Morgan fingerprint density at radius 3 is 2.74 bits per heavy atom. The molecular weight excluding hydrogens is 362 g/mol. The molecule has 6 nitrogen and oxygen atoms in total.